The molecule has 0 aliphatic rings. The standard InChI is InChI=1S/C15H24ClN3O2/c1-4-17-15(18-8-9-20-2)19-11-14(21-3)12-6-5-7-13(16)10-12/h5-7,10,14H,4,8-9,11H2,1-3H3,(H2,17,18,19). The van der Waals surface area contributed by atoms with Gasteiger partial charge in [-0.3, -0.25) is 4.99 Å². The van der Waals surface area contributed by atoms with Crippen molar-refractivity contribution in [1.82, 2.24) is 10.6 Å². The second kappa shape index (κ2) is 10.4. The molecule has 0 aliphatic carbocycles. The van der Waals surface area contributed by atoms with Gasteiger partial charge < -0.3 is 20.1 Å². The lowest BCUT2D eigenvalue weighted by Crippen LogP contribution is -2.39. The van der Waals surface area contributed by atoms with Gasteiger partial charge in [0.2, 0.25) is 0 Å². The number of aliphatic imine (C=N–C) groups is 1. The summed E-state index contributed by atoms with van der Waals surface area (Å²) in [7, 11) is 3.35. The van der Waals surface area contributed by atoms with Crippen LogP contribution in [0.1, 0.15) is 18.6 Å². The minimum atomic E-state index is -0.124. The lowest BCUT2D eigenvalue weighted by molar-refractivity contribution is 0.111. The minimum Gasteiger partial charge on any atom is -0.383 e. The molecule has 0 spiro atoms. The van der Waals surface area contributed by atoms with Crippen LogP contribution in [0.15, 0.2) is 29.3 Å². The number of benzene rings is 1. The van der Waals surface area contributed by atoms with Crippen molar-refractivity contribution in [2.75, 3.05) is 40.5 Å². The van der Waals surface area contributed by atoms with Gasteiger partial charge in [-0.25, -0.2) is 0 Å². The first-order chi connectivity index (χ1) is 10.2. The van der Waals surface area contributed by atoms with Crippen molar-refractivity contribution in [3.63, 3.8) is 0 Å². The largest absolute Gasteiger partial charge is 0.383 e. The predicted octanol–water partition coefficient (Wildman–Crippen LogP) is 2.23. The van der Waals surface area contributed by atoms with E-state index in [2.05, 4.69) is 15.6 Å². The second-order valence-corrected chi connectivity index (χ2v) is 4.85. The Balaban J connectivity index is 2.66. The number of ether oxygens (including phenoxy) is 2. The van der Waals surface area contributed by atoms with E-state index in [1.54, 1.807) is 14.2 Å². The lowest BCUT2D eigenvalue weighted by Gasteiger charge is -2.16. The zero-order valence-corrected chi connectivity index (χ0v) is 13.6. The third kappa shape index (κ3) is 6.80. The molecule has 0 amide bonds. The Hall–Kier alpha value is -1.30. The van der Waals surface area contributed by atoms with Crippen LogP contribution < -0.4 is 10.6 Å². The summed E-state index contributed by atoms with van der Waals surface area (Å²) in [5.74, 6) is 0.749. The van der Waals surface area contributed by atoms with Crippen LogP contribution >= 0.6 is 11.6 Å². The van der Waals surface area contributed by atoms with Gasteiger partial charge in [0.05, 0.1) is 13.2 Å². The highest BCUT2D eigenvalue weighted by atomic mass is 35.5. The third-order valence-corrected chi connectivity index (χ3v) is 3.10. The van der Waals surface area contributed by atoms with Crippen LogP contribution in [0.3, 0.4) is 0 Å². The van der Waals surface area contributed by atoms with Crippen LogP contribution in [0.4, 0.5) is 0 Å². The van der Waals surface area contributed by atoms with E-state index in [-0.39, 0.29) is 6.10 Å². The molecule has 1 atom stereocenters. The maximum Gasteiger partial charge on any atom is 0.191 e. The van der Waals surface area contributed by atoms with E-state index in [9.17, 15) is 0 Å². The Kier molecular flexibility index (Phi) is 8.82. The van der Waals surface area contributed by atoms with Gasteiger partial charge in [0.25, 0.3) is 0 Å². The Morgan fingerprint density at radius 3 is 2.76 bits per heavy atom. The summed E-state index contributed by atoms with van der Waals surface area (Å²) in [5.41, 5.74) is 1.02. The molecular weight excluding hydrogens is 290 g/mol. The molecule has 6 heteroatoms. The number of hydrogen-bond donors (Lipinski definition) is 2. The van der Waals surface area contributed by atoms with Crippen LogP contribution in [0.2, 0.25) is 5.02 Å². The van der Waals surface area contributed by atoms with Crippen LogP contribution in [-0.4, -0.2) is 46.4 Å². The average molecular weight is 314 g/mol. The number of rotatable bonds is 8. The number of nitrogens with one attached hydrogen (secondary N) is 2. The summed E-state index contributed by atoms with van der Waals surface area (Å²) in [6.45, 7) is 4.68. The molecule has 0 bridgehead atoms. The van der Waals surface area contributed by atoms with Crippen molar-refractivity contribution in [1.29, 1.82) is 0 Å². The average Bonchev–Trinajstić information content (AvgIpc) is 2.48. The topological polar surface area (TPSA) is 54.9 Å². The summed E-state index contributed by atoms with van der Waals surface area (Å²) in [6, 6.07) is 7.64. The molecule has 2 N–H and O–H groups in total. The van der Waals surface area contributed by atoms with Crippen molar-refractivity contribution in [3.8, 4) is 0 Å². The summed E-state index contributed by atoms with van der Waals surface area (Å²) < 4.78 is 10.5. The summed E-state index contributed by atoms with van der Waals surface area (Å²) >= 11 is 6.01. The Morgan fingerprint density at radius 2 is 2.14 bits per heavy atom. The smallest absolute Gasteiger partial charge is 0.191 e. The molecule has 0 fully saturated rings. The van der Waals surface area contributed by atoms with Crippen LogP contribution in [0.5, 0.6) is 0 Å². The van der Waals surface area contributed by atoms with E-state index in [4.69, 9.17) is 21.1 Å². The Bertz CT molecular complexity index is 441. The number of hydrogen-bond acceptors (Lipinski definition) is 3. The molecule has 0 heterocycles. The first-order valence-electron chi connectivity index (χ1n) is 7.00. The quantitative estimate of drug-likeness (QED) is 0.439. The molecule has 1 aromatic carbocycles. The maximum absolute atomic E-state index is 6.01. The maximum atomic E-state index is 6.01. The van der Waals surface area contributed by atoms with E-state index in [1.165, 1.54) is 0 Å². The second-order valence-electron chi connectivity index (χ2n) is 4.42. The highest BCUT2D eigenvalue weighted by Crippen LogP contribution is 2.20. The number of halogens is 1. The molecular formula is C15H24ClN3O2. The van der Waals surface area contributed by atoms with Gasteiger partial charge in [-0.15, -0.1) is 0 Å². The van der Waals surface area contributed by atoms with Crippen molar-refractivity contribution in [2.45, 2.75) is 13.0 Å². The molecule has 5 nitrogen and oxygen atoms in total. The molecule has 21 heavy (non-hydrogen) atoms. The van der Waals surface area contributed by atoms with Gasteiger partial charge in [0.15, 0.2) is 5.96 Å². The van der Waals surface area contributed by atoms with Crippen molar-refractivity contribution >= 4 is 17.6 Å². The van der Waals surface area contributed by atoms with Gasteiger partial charge in [-0.05, 0) is 24.6 Å². The zero-order chi connectivity index (χ0) is 15.5. The van der Waals surface area contributed by atoms with E-state index in [0.29, 0.717) is 24.7 Å². The summed E-state index contributed by atoms with van der Waals surface area (Å²) in [5, 5.41) is 7.08. The molecule has 1 aromatic rings. The van der Waals surface area contributed by atoms with E-state index < -0.39 is 0 Å². The van der Waals surface area contributed by atoms with Gasteiger partial charge in [-0.1, -0.05) is 23.7 Å². The Labute approximate surface area is 131 Å². The van der Waals surface area contributed by atoms with Gasteiger partial charge in [0.1, 0.15) is 6.10 Å². The van der Waals surface area contributed by atoms with Crippen LogP contribution in [0, 0.1) is 0 Å². The van der Waals surface area contributed by atoms with Gasteiger partial charge in [0, 0.05) is 32.3 Å². The van der Waals surface area contributed by atoms with E-state index in [0.717, 1.165) is 18.1 Å². The molecule has 1 unspecified atom stereocenters. The molecule has 0 radical (unpaired) electrons. The van der Waals surface area contributed by atoms with Crippen molar-refractivity contribution in [3.05, 3.63) is 34.9 Å². The highest BCUT2D eigenvalue weighted by Gasteiger charge is 2.10. The predicted molar refractivity (Wildman–Crippen MR) is 87.1 cm³/mol. The monoisotopic (exact) mass is 313 g/mol. The first-order valence-corrected chi connectivity index (χ1v) is 7.38. The van der Waals surface area contributed by atoms with E-state index >= 15 is 0 Å². The molecule has 0 aliphatic heterocycles. The SMILES string of the molecule is CCNC(=NCC(OC)c1cccc(Cl)c1)NCCOC. The lowest BCUT2D eigenvalue weighted by atomic mass is 10.1. The molecule has 118 valence electrons. The molecule has 0 saturated carbocycles. The molecule has 0 saturated heterocycles. The van der Waals surface area contributed by atoms with Crippen LogP contribution in [0.25, 0.3) is 0 Å². The fourth-order valence-corrected chi connectivity index (χ4v) is 2.01. The summed E-state index contributed by atoms with van der Waals surface area (Å²) in [6.07, 6.45) is -0.124. The van der Waals surface area contributed by atoms with E-state index in [1.807, 2.05) is 31.2 Å². The molecule has 0 aromatic heterocycles. The Morgan fingerprint density at radius 1 is 1.33 bits per heavy atom. The first kappa shape index (κ1) is 17.8. The minimum absolute atomic E-state index is 0.124. The fraction of sp³-hybridized carbons (Fsp3) is 0.533. The molecule has 1 rings (SSSR count). The third-order valence-electron chi connectivity index (χ3n) is 2.86. The van der Waals surface area contributed by atoms with Crippen LogP contribution in [-0.2, 0) is 9.47 Å². The highest BCUT2D eigenvalue weighted by molar-refractivity contribution is 6.30. The van der Waals surface area contributed by atoms with Gasteiger partial charge >= 0.3 is 0 Å². The number of guanidine groups is 1. The van der Waals surface area contributed by atoms with Crippen molar-refractivity contribution in [2.24, 2.45) is 4.99 Å². The fourth-order valence-electron chi connectivity index (χ4n) is 1.81. The van der Waals surface area contributed by atoms with Gasteiger partial charge in [-0.2, -0.15) is 0 Å². The normalized spacial score (nSPS) is 13.0. The van der Waals surface area contributed by atoms with Crippen molar-refractivity contribution < 1.29 is 9.47 Å². The summed E-state index contributed by atoms with van der Waals surface area (Å²) in [4.78, 5) is 4.53. The number of methoxy groups -OCH3 is 2. The zero-order valence-electron chi connectivity index (χ0n) is 12.9. The number of nitrogens with zero attached hydrogens (tertiary/aromatic N) is 1.